The standard InChI is InChI=1S/C27H51N3/c1-5-8-10-11-12-13-14-15-16-17-18-20-24-30(23-19-9-6-2)29-26-22-21-25(7-3)27(26)28-4/h28-29H,3,5-6,8-24H2,1-2,4H3. The molecule has 174 valence electrons. The molecule has 1 rings (SSSR count). The van der Waals surface area contributed by atoms with Gasteiger partial charge in [0.15, 0.2) is 0 Å². The fraction of sp³-hybridized carbons (Fsp3) is 0.815. The Kier molecular flexibility index (Phi) is 16.6. The van der Waals surface area contributed by atoms with Gasteiger partial charge in [-0.3, -0.25) is 0 Å². The molecule has 1 aliphatic rings. The Morgan fingerprint density at radius 3 is 1.70 bits per heavy atom. The van der Waals surface area contributed by atoms with Gasteiger partial charge >= 0.3 is 0 Å². The number of likely N-dealkylation sites (N-methyl/N-ethyl adjacent to an activating group) is 1. The molecule has 0 heterocycles. The smallest absolute Gasteiger partial charge is 0.0655 e. The van der Waals surface area contributed by atoms with Gasteiger partial charge in [-0.25, -0.2) is 5.01 Å². The van der Waals surface area contributed by atoms with Crippen LogP contribution in [0.3, 0.4) is 0 Å². The van der Waals surface area contributed by atoms with Gasteiger partial charge in [-0.2, -0.15) is 0 Å². The summed E-state index contributed by atoms with van der Waals surface area (Å²) in [5, 5.41) is 5.82. The Bertz CT molecular complexity index is 502. The van der Waals surface area contributed by atoms with Gasteiger partial charge in [0.25, 0.3) is 0 Å². The lowest BCUT2D eigenvalue weighted by atomic mass is 10.1. The summed E-state index contributed by atoms with van der Waals surface area (Å²) in [6, 6.07) is 0. The van der Waals surface area contributed by atoms with E-state index in [9.17, 15) is 0 Å². The zero-order chi connectivity index (χ0) is 21.9. The molecular weight excluding hydrogens is 366 g/mol. The van der Waals surface area contributed by atoms with E-state index >= 15 is 0 Å². The summed E-state index contributed by atoms with van der Waals surface area (Å²) in [6.45, 7) is 10.7. The minimum atomic E-state index is 1.05. The topological polar surface area (TPSA) is 27.3 Å². The molecule has 0 bridgehead atoms. The predicted molar refractivity (Wildman–Crippen MR) is 133 cm³/mol. The number of nitrogens with one attached hydrogen (secondary N) is 2. The van der Waals surface area contributed by atoms with Crippen LogP contribution in [-0.2, 0) is 0 Å². The Morgan fingerprint density at radius 2 is 1.20 bits per heavy atom. The number of hydrazine groups is 1. The van der Waals surface area contributed by atoms with Crippen molar-refractivity contribution in [2.45, 2.75) is 123 Å². The molecule has 0 amide bonds. The molecule has 0 saturated heterocycles. The molecule has 0 unspecified atom stereocenters. The largest absolute Gasteiger partial charge is 0.386 e. The third-order valence-corrected chi connectivity index (χ3v) is 6.30. The number of rotatable bonds is 20. The van der Waals surface area contributed by atoms with Crippen molar-refractivity contribution in [3.8, 4) is 0 Å². The summed E-state index contributed by atoms with van der Waals surface area (Å²) in [6.07, 6.45) is 22.9. The highest BCUT2D eigenvalue weighted by molar-refractivity contribution is 5.38. The van der Waals surface area contributed by atoms with Crippen LogP contribution in [0.15, 0.2) is 29.3 Å². The number of hydrogen-bond acceptors (Lipinski definition) is 3. The highest BCUT2D eigenvalue weighted by Crippen LogP contribution is 2.27. The fourth-order valence-corrected chi connectivity index (χ4v) is 4.38. The molecule has 0 spiro atoms. The van der Waals surface area contributed by atoms with E-state index in [0.717, 1.165) is 25.9 Å². The van der Waals surface area contributed by atoms with Gasteiger partial charge in [-0.05, 0) is 25.7 Å². The minimum Gasteiger partial charge on any atom is -0.386 e. The van der Waals surface area contributed by atoms with Gasteiger partial charge in [-0.1, -0.05) is 104 Å². The maximum Gasteiger partial charge on any atom is 0.0655 e. The molecule has 3 nitrogen and oxygen atoms in total. The quantitative estimate of drug-likeness (QED) is 0.121. The van der Waals surface area contributed by atoms with E-state index < -0.39 is 0 Å². The highest BCUT2D eigenvalue weighted by atomic mass is 15.5. The second kappa shape index (κ2) is 18.6. The van der Waals surface area contributed by atoms with Crippen LogP contribution in [0.1, 0.15) is 123 Å². The maximum absolute atomic E-state index is 3.85. The van der Waals surface area contributed by atoms with Gasteiger partial charge in [0, 0.05) is 25.7 Å². The summed E-state index contributed by atoms with van der Waals surface area (Å²) in [7, 11) is 2.01. The molecule has 0 atom stereocenters. The van der Waals surface area contributed by atoms with Crippen LogP contribution in [0.2, 0.25) is 0 Å². The van der Waals surface area contributed by atoms with Crippen LogP contribution in [0.25, 0.3) is 0 Å². The highest BCUT2D eigenvalue weighted by Gasteiger charge is 2.20. The van der Waals surface area contributed by atoms with Crippen LogP contribution in [0.5, 0.6) is 0 Å². The molecule has 0 aromatic carbocycles. The van der Waals surface area contributed by atoms with E-state index in [1.807, 2.05) is 7.05 Å². The van der Waals surface area contributed by atoms with Crippen molar-refractivity contribution in [3.63, 3.8) is 0 Å². The number of hydrogen-bond donors (Lipinski definition) is 2. The predicted octanol–water partition coefficient (Wildman–Crippen LogP) is 7.62. The Hall–Kier alpha value is -1.18. The van der Waals surface area contributed by atoms with Gasteiger partial charge in [0.1, 0.15) is 0 Å². The molecule has 0 fully saturated rings. The molecule has 0 aromatic heterocycles. The first-order valence-electron chi connectivity index (χ1n) is 13.1. The van der Waals surface area contributed by atoms with E-state index in [-0.39, 0.29) is 0 Å². The molecule has 0 radical (unpaired) electrons. The van der Waals surface area contributed by atoms with E-state index in [1.165, 1.54) is 113 Å². The maximum atomic E-state index is 3.85. The van der Waals surface area contributed by atoms with Crippen LogP contribution in [0.4, 0.5) is 0 Å². The van der Waals surface area contributed by atoms with Crippen molar-refractivity contribution in [3.05, 3.63) is 29.3 Å². The number of nitrogens with zero attached hydrogens (tertiary/aromatic N) is 1. The van der Waals surface area contributed by atoms with Crippen LogP contribution in [0, 0.1) is 0 Å². The van der Waals surface area contributed by atoms with E-state index in [1.54, 1.807) is 0 Å². The van der Waals surface area contributed by atoms with E-state index in [0.29, 0.717) is 0 Å². The summed E-state index contributed by atoms with van der Waals surface area (Å²) >= 11 is 0. The fourth-order valence-electron chi connectivity index (χ4n) is 4.38. The van der Waals surface area contributed by atoms with E-state index in [4.69, 9.17) is 0 Å². The number of allylic oxidation sites excluding steroid dienone is 2. The summed E-state index contributed by atoms with van der Waals surface area (Å²) in [4.78, 5) is 0. The molecule has 2 N–H and O–H groups in total. The summed E-state index contributed by atoms with van der Waals surface area (Å²) in [5.41, 5.74) is 10.6. The lowest BCUT2D eigenvalue weighted by molar-refractivity contribution is 0.199. The van der Waals surface area contributed by atoms with Crippen molar-refractivity contribution in [1.29, 1.82) is 0 Å². The normalized spacial score (nSPS) is 13.9. The Morgan fingerprint density at radius 1 is 0.733 bits per heavy atom. The third-order valence-electron chi connectivity index (χ3n) is 6.30. The minimum absolute atomic E-state index is 1.05. The molecule has 30 heavy (non-hydrogen) atoms. The molecule has 0 aliphatic heterocycles. The van der Waals surface area contributed by atoms with Gasteiger partial charge in [0.05, 0.1) is 11.4 Å². The SMILES string of the molecule is C=C=C1CCC(NN(CCCCC)CCCCCCCCCCCCCC)=C1NC. The average molecular weight is 418 g/mol. The zero-order valence-corrected chi connectivity index (χ0v) is 20.6. The first-order chi connectivity index (χ1) is 14.8. The molecule has 3 heteroatoms. The van der Waals surface area contributed by atoms with Gasteiger partial charge in [-0.15, -0.1) is 5.73 Å². The van der Waals surface area contributed by atoms with Gasteiger partial charge in [0.2, 0.25) is 0 Å². The lowest BCUT2D eigenvalue weighted by Crippen LogP contribution is -2.39. The van der Waals surface area contributed by atoms with Gasteiger partial charge < -0.3 is 10.7 Å². The van der Waals surface area contributed by atoms with Crippen molar-refractivity contribution < 1.29 is 0 Å². The average Bonchev–Trinajstić information content (AvgIpc) is 3.16. The van der Waals surface area contributed by atoms with Crippen molar-refractivity contribution in [2.24, 2.45) is 0 Å². The Labute approximate surface area is 188 Å². The van der Waals surface area contributed by atoms with Crippen molar-refractivity contribution in [1.82, 2.24) is 15.8 Å². The first kappa shape index (κ1) is 26.9. The van der Waals surface area contributed by atoms with E-state index in [2.05, 4.69) is 41.9 Å². The summed E-state index contributed by atoms with van der Waals surface area (Å²) in [5.74, 6) is 0. The second-order valence-corrected chi connectivity index (χ2v) is 8.95. The lowest BCUT2D eigenvalue weighted by Gasteiger charge is -2.26. The zero-order valence-electron chi connectivity index (χ0n) is 20.6. The Balaban J connectivity index is 2.22. The van der Waals surface area contributed by atoms with Crippen molar-refractivity contribution >= 4 is 0 Å². The molecule has 0 saturated carbocycles. The monoisotopic (exact) mass is 417 g/mol. The summed E-state index contributed by atoms with van der Waals surface area (Å²) < 4.78 is 0. The number of unbranched alkanes of at least 4 members (excludes halogenated alkanes) is 13. The van der Waals surface area contributed by atoms with Crippen LogP contribution < -0.4 is 10.7 Å². The van der Waals surface area contributed by atoms with Crippen molar-refractivity contribution in [2.75, 3.05) is 20.1 Å². The second-order valence-electron chi connectivity index (χ2n) is 8.95. The third kappa shape index (κ3) is 11.9. The van der Waals surface area contributed by atoms with Crippen LogP contribution >= 0.6 is 0 Å². The molecule has 0 aromatic rings. The molecular formula is C27H51N3. The van der Waals surface area contributed by atoms with Crippen LogP contribution in [-0.4, -0.2) is 25.1 Å². The first-order valence-corrected chi connectivity index (χ1v) is 13.1. The molecule has 1 aliphatic carbocycles.